The van der Waals surface area contributed by atoms with Crippen molar-refractivity contribution in [3.8, 4) is 0 Å². The molecule has 1 aliphatic heterocycles. The van der Waals surface area contributed by atoms with Gasteiger partial charge in [0.2, 0.25) is 0 Å². The maximum atomic E-state index is 11.3. The van der Waals surface area contributed by atoms with Crippen LogP contribution in [0.5, 0.6) is 0 Å². The molecule has 6 heteroatoms. The van der Waals surface area contributed by atoms with E-state index in [9.17, 15) is 8.42 Å². The third kappa shape index (κ3) is 3.10. The smallest absolute Gasteiger partial charge is 0.153 e. The van der Waals surface area contributed by atoms with Crippen LogP contribution in [0.25, 0.3) is 0 Å². The molecule has 1 aromatic rings. The predicted molar refractivity (Wildman–Crippen MR) is 91.2 cm³/mol. The monoisotopic (exact) mass is 342 g/mol. The molecule has 0 amide bonds. The van der Waals surface area contributed by atoms with Crippen LogP contribution >= 0.6 is 11.3 Å². The van der Waals surface area contributed by atoms with Crippen molar-refractivity contribution in [3.63, 3.8) is 0 Å². The summed E-state index contributed by atoms with van der Waals surface area (Å²) in [5, 5.41) is 1.13. The molecule has 2 aliphatic rings. The summed E-state index contributed by atoms with van der Waals surface area (Å²) in [5.74, 6) is 0.597. The van der Waals surface area contributed by atoms with Crippen molar-refractivity contribution in [2.75, 3.05) is 18.6 Å². The Bertz CT molecular complexity index is 677. The Morgan fingerprint density at radius 3 is 2.50 bits per heavy atom. The molecule has 0 unspecified atom stereocenters. The van der Waals surface area contributed by atoms with Gasteiger partial charge in [-0.3, -0.25) is 4.90 Å². The Hall–Kier alpha value is -0.460. The van der Waals surface area contributed by atoms with Crippen LogP contribution < -0.4 is 0 Å². The van der Waals surface area contributed by atoms with E-state index < -0.39 is 9.84 Å². The number of aromatic nitrogens is 1. The highest BCUT2D eigenvalue weighted by Gasteiger charge is 2.40. The van der Waals surface area contributed by atoms with E-state index in [1.165, 1.54) is 17.0 Å². The molecule has 0 N–H and O–H groups in total. The molecule has 0 bridgehead atoms. The van der Waals surface area contributed by atoms with E-state index in [4.69, 9.17) is 4.98 Å². The van der Waals surface area contributed by atoms with Gasteiger partial charge in [0, 0.05) is 16.3 Å². The molecule has 0 aromatic carbocycles. The summed E-state index contributed by atoms with van der Waals surface area (Å²) >= 11 is 1.82. The fraction of sp³-hybridized carbons (Fsp3) is 0.812. The average Bonchev–Trinajstić information content (AvgIpc) is 2.66. The minimum Gasteiger partial charge on any atom is -0.295 e. The lowest BCUT2D eigenvalue weighted by atomic mass is 9.67. The molecule has 3 rings (SSSR count). The van der Waals surface area contributed by atoms with Gasteiger partial charge in [0.25, 0.3) is 0 Å². The quantitative estimate of drug-likeness (QED) is 0.847. The van der Waals surface area contributed by atoms with E-state index in [1.807, 2.05) is 18.4 Å². The second kappa shape index (κ2) is 5.02. The fourth-order valence-corrected chi connectivity index (χ4v) is 6.87. The van der Waals surface area contributed by atoms with Crippen LogP contribution in [0, 0.1) is 5.41 Å². The number of hydrogen-bond donors (Lipinski definition) is 0. The van der Waals surface area contributed by atoms with Crippen LogP contribution in [-0.4, -0.2) is 42.9 Å². The van der Waals surface area contributed by atoms with Crippen molar-refractivity contribution < 1.29 is 8.42 Å². The summed E-state index contributed by atoms with van der Waals surface area (Å²) in [6.45, 7) is 10.0. The van der Waals surface area contributed by atoms with E-state index in [-0.39, 0.29) is 11.5 Å². The number of thiazole rings is 1. The van der Waals surface area contributed by atoms with Crippen LogP contribution in [0.15, 0.2) is 0 Å². The molecular formula is C16H26N2O2S2. The molecule has 0 radical (unpaired) electrons. The maximum Gasteiger partial charge on any atom is 0.153 e. The molecule has 124 valence electrons. The number of fused-ring (bicyclic) bond motifs is 1. The normalized spacial score (nSPS) is 25.7. The van der Waals surface area contributed by atoms with Gasteiger partial charge in [-0.2, -0.15) is 0 Å². The molecule has 0 atom stereocenters. The van der Waals surface area contributed by atoms with Crippen LogP contribution in [-0.2, 0) is 28.2 Å². The highest BCUT2D eigenvalue weighted by atomic mass is 32.2. The van der Waals surface area contributed by atoms with Crippen molar-refractivity contribution in [1.29, 1.82) is 0 Å². The van der Waals surface area contributed by atoms with Crippen LogP contribution in [0.3, 0.4) is 0 Å². The van der Waals surface area contributed by atoms with Gasteiger partial charge in [-0.05, 0) is 25.3 Å². The van der Waals surface area contributed by atoms with Gasteiger partial charge in [0.15, 0.2) is 9.84 Å². The van der Waals surface area contributed by atoms with Crippen LogP contribution in [0.2, 0.25) is 0 Å². The van der Waals surface area contributed by atoms with E-state index >= 15 is 0 Å². The first-order valence-electron chi connectivity index (χ1n) is 7.87. The first-order chi connectivity index (χ1) is 9.97. The van der Waals surface area contributed by atoms with Gasteiger partial charge >= 0.3 is 0 Å². The fourth-order valence-electron chi connectivity index (χ4n) is 4.04. The lowest BCUT2D eigenvalue weighted by Gasteiger charge is -2.39. The Morgan fingerprint density at radius 2 is 1.91 bits per heavy atom. The summed E-state index contributed by atoms with van der Waals surface area (Å²) in [6.07, 6.45) is 2.23. The Morgan fingerprint density at radius 1 is 1.27 bits per heavy atom. The highest BCUT2D eigenvalue weighted by molar-refractivity contribution is 7.92. The standard InChI is InChI=1S/C16H26N2O2S2/c1-15(2)6-12-14(16(3,4)10-15)21-13(17-12)7-18(5)11-8-22(19,20)9-11/h11H,6-10H2,1-5H3. The number of nitrogens with zero attached hydrogens (tertiary/aromatic N) is 2. The van der Waals surface area contributed by atoms with E-state index in [1.54, 1.807) is 0 Å². The molecule has 1 aliphatic carbocycles. The third-order valence-electron chi connectivity index (χ3n) is 4.82. The average molecular weight is 343 g/mol. The number of sulfone groups is 1. The van der Waals surface area contributed by atoms with Crippen LogP contribution in [0.4, 0.5) is 0 Å². The third-order valence-corrected chi connectivity index (χ3v) is 8.06. The molecule has 4 nitrogen and oxygen atoms in total. The highest BCUT2D eigenvalue weighted by Crippen LogP contribution is 2.47. The summed E-state index contributed by atoms with van der Waals surface area (Å²) < 4.78 is 22.7. The van der Waals surface area contributed by atoms with E-state index in [0.29, 0.717) is 16.9 Å². The summed E-state index contributed by atoms with van der Waals surface area (Å²) in [5.41, 5.74) is 1.75. The summed E-state index contributed by atoms with van der Waals surface area (Å²) in [6, 6.07) is 0.162. The van der Waals surface area contributed by atoms with Crippen molar-refractivity contribution >= 4 is 21.2 Å². The zero-order chi connectivity index (χ0) is 16.3. The first-order valence-corrected chi connectivity index (χ1v) is 10.5. The molecular weight excluding hydrogens is 316 g/mol. The molecule has 0 saturated carbocycles. The molecule has 1 aromatic heterocycles. The lowest BCUT2D eigenvalue weighted by molar-refractivity contribution is 0.231. The lowest BCUT2D eigenvalue weighted by Crippen LogP contribution is -2.51. The zero-order valence-corrected chi connectivity index (χ0v) is 15.8. The van der Waals surface area contributed by atoms with Gasteiger partial charge in [-0.25, -0.2) is 13.4 Å². The van der Waals surface area contributed by atoms with Gasteiger partial charge in [-0.1, -0.05) is 27.7 Å². The minimum atomic E-state index is -2.76. The topological polar surface area (TPSA) is 50.3 Å². The number of hydrogen-bond acceptors (Lipinski definition) is 5. The number of rotatable bonds is 3. The molecule has 2 heterocycles. The van der Waals surface area contributed by atoms with E-state index in [2.05, 4.69) is 32.6 Å². The summed E-state index contributed by atoms with van der Waals surface area (Å²) in [7, 11) is -0.754. The SMILES string of the molecule is CN(Cc1nc2c(s1)C(C)(C)CC(C)(C)C2)C1CS(=O)(=O)C1. The molecule has 1 saturated heterocycles. The second-order valence-electron chi connectivity index (χ2n) is 8.43. The van der Waals surface area contributed by atoms with Gasteiger partial charge < -0.3 is 0 Å². The van der Waals surface area contributed by atoms with E-state index in [0.717, 1.165) is 18.0 Å². The van der Waals surface area contributed by atoms with Crippen LogP contribution in [0.1, 0.15) is 49.7 Å². The van der Waals surface area contributed by atoms with Crippen molar-refractivity contribution in [2.45, 2.75) is 58.5 Å². The molecule has 1 fully saturated rings. The largest absolute Gasteiger partial charge is 0.295 e. The van der Waals surface area contributed by atoms with Crippen molar-refractivity contribution in [3.05, 3.63) is 15.6 Å². The predicted octanol–water partition coefficient (Wildman–Crippen LogP) is 2.62. The minimum absolute atomic E-state index is 0.162. The summed E-state index contributed by atoms with van der Waals surface area (Å²) in [4.78, 5) is 8.46. The Balaban J connectivity index is 1.76. The molecule has 0 spiro atoms. The van der Waals surface area contributed by atoms with Gasteiger partial charge in [0.1, 0.15) is 5.01 Å². The Kier molecular flexibility index (Phi) is 3.74. The zero-order valence-electron chi connectivity index (χ0n) is 14.1. The van der Waals surface area contributed by atoms with Crippen molar-refractivity contribution in [2.24, 2.45) is 5.41 Å². The van der Waals surface area contributed by atoms with Gasteiger partial charge in [0.05, 0.1) is 23.7 Å². The first kappa shape index (κ1) is 16.4. The Labute approximate surface area is 137 Å². The van der Waals surface area contributed by atoms with Gasteiger partial charge in [-0.15, -0.1) is 11.3 Å². The second-order valence-corrected chi connectivity index (χ2v) is 11.7. The molecule has 22 heavy (non-hydrogen) atoms. The van der Waals surface area contributed by atoms with Crippen molar-refractivity contribution in [1.82, 2.24) is 9.88 Å². The maximum absolute atomic E-state index is 11.3.